The molecule has 0 unspecified atom stereocenters. The smallest absolute Gasteiger partial charge is 0.321 e. The van der Waals surface area contributed by atoms with Crippen molar-refractivity contribution < 1.29 is 9.59 Å². The van der Waals surface area contributed by atoms with Crippen molar-refractivity contribution in [2.45, 2.75) is 0 Å². The average Bonchev–Trinajstić information content (AvgIpc) is 2.40. The Labute approximate surface area is 56.8 Å². The summed E-state index contributed by atoms with van der Waals surface area (Å²) in [4.78, 5) is 22.0. The zero-order valence-electron chi connectivity index (χ0n) is 4.56. The van der Waals surface area contributed by atoms with Gasteiger partial charge in [-0.05, 0) is 11.6 Å². The van der Waals surface area contributed by atoms with Crippen LogP contribution in [0.2, 0.25) is 0 Å². The minimum absolute atomic E-state index is 0.407. The molecular weight excluding hydrogens is 144 g/mol. The monoisotopic (exact) mass is 148 g/mol. The van der Waals surface area contributed by atoms with Gasteiger partial charge in [-0.3, -0.25) is 10.1 Å². The number of hydrogen-bond donors (Lipinski definition) is 1. The molecule has 1 heterocycles. The number of halogens is 1. The molecule has 0 atom stereocenters. The van der Waals surface area contributed by atoms with E-state index in [1.165, 1.54) is 4.90 Å². The lowest BCUT2D eigenvalue weighted by Gasteiger charge is -1.96. The van der Waals surface area contributed by atoms with E-state index in [1.54, 1.807) is 0 Å². The van der Waals surface area contributed by atoms with Gasteiger partial charge in [0.2, 0.25) is 0 Å². The Bertz CT molecular complexity index is 155. The highest BCUT2D eigenvalue weighted by Crippen LogP contribution is 2.02. The first-order chi connectivity index (χ1) is 4.20. The molecule has 0 aromatic rings. The van der Waals surface area contributed by atoms with Crippen molar-refractivity contribution in [3.05, 3.63) is 0 Å². The number of carbonyl (C=O) groups is 2. The summed E-state index contributed by atoms with van der Waals surface area (Å²) >= 11 is 4.85. The molecule has 9 heavy (non-hydrogen) atoms. The van der Waals surface area contributed by atoms with E-state index in [-0.39, 0.29) is 0 Å². The fourth-order valence-corrected chi connectivity index (χ4v) is 0.497. The summed E-state index contributed by atoms with van der Waals surface area (Å²) in [6.07, 6.45) is 0. The van der Waals surface area contributed by atoms with Crippen LogP contribution >= 0.6 is 11.6 Å². The van der Waals surface area contributed by atoms with Crippen LogP contribution in [0.5, 0.6) is 0 Å². The molecule has 0 aromatic heterocycles. The highest BCUT2D eigenvalue weighted by atomic mass is 35.5. The molecule has 0 radical (unpaired) electrons. The molecule has 4 nitrogen and oxygen atoms in total. The van der Waals surface area contributed by atoms with E-state index < -0.39 is 11.4 Å². The maximum Gasteiger partial charge on any atom is 0.325 e. The minimum atomic E-state index is -0.827. The zero-order valence-corrected chi connectivity index (χ0v) is 5.31. The number of hydrogen-bond acceptors (Lipinski definition) is 2. The van der Waals surface area contributed by atoms with Gasteiger partial charge < -0.3 is 4.90 Å². The Morgan fingerprint density at radius 2 is 2.00 bits per heavy atom. The molecule has 0 spiro atoms. The molecule has 1 N–H and O–H groups in total. The predicted molar refractivity (Wildman–Crippen MR) is 31.4 cm³/mol. The molecule has 5 heteroatoms. The summed E-state index contributed by atoms with van der Waals surface area (Å²) in [7, 11) is 0. The number of nitrogens with zero attached hydrogens (tertiary/aromatic N) is 1. The number of carbonyl (C=O) groups excluding carboxylic acids is 2. The van der Waals surface area contributed by atoms with E-state index in [4.69, 9.17) is 11.6 Å². The summed E-state index contributed by atoms with van der Waals surface area (Å²) in [5, 5.41) is 1.09. The van der Waals surface area contributed by atoms with Crippen LogP contribution in [0, 0.1) is 0 Å². The van der Waals surface area contributed by atoms with Crippen molar-refractivity contribution in [2.75, 3.05) is 13.1 Å². The highest BCUT2D eigenvalue weighted by molar-refractivity contribution is 6.64. The van der Waals surface area contributed by atoms with Crippen molar-refractivity contribution >= 4 is 23.0 Å². The van der Waals surface area contributed by atoms with E-state index in [0.717, 1.165) is 13.1 Å². The van der Waals surface area contributed by atoms with Gasteiger partial charge in [-0.25, -0.2) is 4.79 Å². The maximum absolute atomic E-state index is 10.5. The van der Waals surface area contributed by atoms with Gasteiger partial charge in [-0.2, -0.15) is 0 Å². The first-order valence-corrected chi connectivity index (χ1v) is 2.83. The number of rotatable bonds is 0. The van der Waals surface area contributed by atoms with Gasteiger partial charge in [0.25, 0.3) is 0 Å². The fourth-order valence-electron chi connectivity index (χ4n) is 0.416. The van der Waals surface area contributed by atoms with Gasteiger partial charge in [-0.1, -0.05) is 0 Å². The summed E-state index contributed by atoms with van der Waals surface area (Å²) in [5.74, 6) is 0. The molecule has 50 valence electrons. The summed E-state index contributed by atoms with van der Waals surface area (Å²) in [6, 6.07) is -0.407. The van der Waals surface area contributed by atoms with Crippen LogP contribution in [0.25, 0.3) is 0 Å². The number of amides is 3. The number of imide groups is 1. The molecule has 1 rings (SSSR count). The first-order valence-electron chi connectivity index (χ1n) is 2.45. The standard InChI is InChI=1S/C4H5ClN2O2/c5-3(8)6-4(9)7-1-2-7/h1-2H2,(H,6,8,9). The molecule has 1 saturated heterocycles. The van der Waals surface area contributed by atoms with Crippen LogP contribution in [-0.2, 0) is 0 Å². The summed E-state index contributed by atoms with van der Waals surface area (Å²) in [5.41, 5.74) is 0. The van der Waals surface area contributed by atoms with Crippen molar-refractivity contribution in [3.63, 3.8) is 0 Å². The second kappa shape index (κ2) is 2.23. The third-order valence-corrected chi connectivity index (χ3v) is 1.03. The molecular formula is C4H5ClN2O2. The first kappa shape index (κ1) is 6.35. The second-order valence-corrected chi connectivity index (χ2v) is 2.03. The van der Waals surface area contributed by atoms with Crippen molar-refractivity contribution in [1.82, 2.24) is 10.2 Å². The maximum atomic E-state index is 10.5. The molecule has 0 aromatic carbocycles. The Kier molecular flexibility index (Phi) is 1.57. The number of urea groups is 1. The van der Waals surface area contributed by atoms with Crippen LogP contribution in [0.4, 0.5) is 9.59 Å². The average molecular weight is 149 g/mol. The molecule has 0 aliphatic carbocycles. The highest BCUT2D eigenvalue weighted by Gasteiger charge is 2.24. The lowest BCUT2D eigenvalue weighted by atomic mass is 10.9. The largest absolute Gasteiger partial charge is 0.325 e. The van der Waals surface area contributed by atoms with E-state index >= 15 is 0 Å². The molecule has 1 aliphatic heterocycles. The van der Waals surface area contributed by atoms with Gasteiger partial charge in [0.15, 0.2) is 0 Å². The van der Waals surface area contributed by atoms with Crippen LogP contribution < -0.4 is 5.32 Å². The van der Waals surface area contributed by atoms with E-state index in [1.807, 2.05) is 5.32 Å². The van der Waals surface area contributed by atoms with Gasteiger partial charge in [0, 0.05) is 13.1 Å². The predicted octanol–water partition coefficient (Wildman–Crippen LogP) is 0.370. The van der Waals surface area contributed by atoms with Crippen LogP contribution in [-0.4, -0.2) is 29.4 Å². The third-order valence-electron chi connectivity index (χ3n) is 0.940. The van der Waals surface area contributed by atoms with Crippen molar-refractivity contribution in [3.8, 4) is 0 Å². The van der Waals surface area contributed by atoms with Crippen LogP contribution in [0.1, 0.15) is 0 Å². The molecule has 1 fully saturated rings. The molecule has 3 amide bonds. The zero-order chi connectivity index (χ0) is 6.85. The van der Waals surface area contributed by atoms with Crippen molar-refractivity contribution in [1.29, 1.82) is 0 Å². The van der Waals surface area contributed by atoms with Crippen LogP contribution in [0.3, 0.4) is 0 Å². The van der Waals surface area contributed by atoms with Gasteiger partial charge in [-0.15, -0.1) is 0 Å². The molecule has 0 bridgehead atoms. The SMILES string of the molecule is O=C(Cl)NC(=O)N1CC1. The topological polar surface area (TPSA) is 49.2 Å². The minimum Gasteiger partial charge on any atom is -0.321 e. The third kappa shape index (κ3) is 1.89. The molecule has 1 aliphatic rings. The Morgan fingerprint density at radius 3 is 2.33 bits per heavy atom. The van der Waals surface area contributed by atoms with Gasteiger partial charge >= 0.3 is 11.4 Å². The fraction of sp³-hybridized carbons (Fsp3) is 0.500. The van der Waals surface area contributed by atoms with E-state index in [2.05, 4.69) is 0 Å². The second-order valence-electron chi connectivity index (χ2n) is 1.69. The Balaban J connectivity index is 2.26. The lowest BCUT2D eigenvalue weighted by molar-refractivity contribution is 0.227. The summed E-state index contributed by atoms with van der Waals surface area (Å²) in [6.45, 7) is 1.44. The summed E-state index contributed by atoms with van der Waals surface area (Å²) < 4.78 is 0. The Morgan fingerprint density at radius 1 is 1.44 bits per heavy atom. The number of nitrogens with one attached hydrogen (secondary N) is 1. The van der Waals surface area contributed by atoms with Gasteiger partial charge in [0.1, 0.15) is 0 Å². The van der Waals surface area contributed by atoms with E-state index in [9.17, 15) is 9.59 Å². The Hall–Kier alpha value is -0.770. The molecule has 0 saturated carbocycles. The normalized spacial score (nSPS) is 15.0. The van der Waals surface area contributed by atoms with Gasteiger partial charge in [0.05, 0.1) is 0 Å². The van der Waals surface area contributed by atoms with Crippen LogP contribution in [0.15, 0.2) is 0 Å². The quantitative estimate of drug-likeness (QED) is 0.307. The lowest BCUT2D eigenvalue weighted by Crippen LogP contribution is -2.29. The van der Waals surface area contributed by atoms with Crippen molar-refractivity contribution in [2.24, 2.45) is 0 Å². The van der Waals surface area contributed by atoms with E-state index in [0.29, 0.717) is 0 Å².